The standard InChI is InChI=1S/C44H48ClN7O6/c1-28-19-43(24-52(28)35-9-6-30(20-46)37(45)18-35)12-14-50(15-13-43)34-7-4-29(5-8-34)41(56)51-26-44(27-51,58-3)25-49-21-31-16-33(23-53)36(17-32(31)22-49)42(57)48(2)38-10-11-39(54)47-40(38)55/h4-9,16-18,23,28,38H,10-15,19,21-22,24-27H2,1-3H3,(H,47,54,55)/t28-,38?/m0/s1. The normalized spacial score (nSPS) is 22.3. The van der Waals surface area contributed by atoms with Gasteiger partial charge in [0.05, 0.1) is 29.2 Å². The summed E-state index contributed by atoms with van der Waals surface area (Å²) in [5.74, 6) is -1.37. The lowest BCUT2D eigenvalue weighted by Gasteiger charge is -2.50. The molecule has 2 atom stereocenters. The fraction of sp³-hybridized carbons (Fsp3) is 0.455. The minimum absolute atomic E-state index is 0.0385. The van der Waals surface area contributed by atoms with Gasteiger partial charge in [0.2, 0.25) is 11.8 Å². The van der Waals surface area contributed by atoms with Gasteiger partial charge in [0.1, 0.15) is 17.7 Å². The summed E-state index contributed by atoms with van der Waals surface area (Å²) in [5.41, 5.74) is 5.32. The van der Waals surface area contributed by atoms with Crippen LogP contribution in [-0.2, 0) is 27.4 Å². The van der Waals surface area contributed by atoms with E-state index in [1.165, 1.54) is 11.9 Å². The minimum Gasteiger partial charge on any atom is -0.373 e. The van der Waals surface area contributed by atoms with Crippen LogP contribution in [0.5, 0.6) is 0 Å². The molecule has 4 amide bonds. The Balaban J connectivity index is 0.842. The zero-order valence-corrected chi connectivity index (χ0v) is 33.9. The van der Waals surface area contributed by atoms with Gasteiger partial charge in [0, 0.05) is 88.4 Å². The van der Waals surface area contributed by atoms with Crippen molar-refractivity contribution < 1.29 is 28.7 Å². The van der Waals surface area contributed by atoms with Crippen molar-refractivity contribution in [2.24, 2.45) is 5.41 Å². The molecule has 0 aromatic heterocycles. The van der Waals surface area contributed by atoms with Crippen LogP contribution in [0.4, 0.5) is 11.4 Å². The van der Waals surface area contributed by atoms with Crippen molar-refractivity contribution in [1.29, 1.82) is 5.26 Å². The second-order valence-corrected chi connectivity index (χ2v) is 17.3. The number of hydrogen-bond donors (Lipinski definition) is 1. The molecule has 3 aromatic carbocycles. The van der Waals surface area contributed by atoms with E-state index < -0.39 is 23.5 Å². The van der Waals surface area contributed by atoms with Crippen LogP contribution in [0.2, 0.25) is 5.02 Å². The number of amides is 4. The fourth-order valence-corrected chi connectivity index (χ4v) is 10.1. The summed E-state index contributed by atoms with van der Waals surface area (Å²) >= 11 is 6.37. The Hall–Kier alpha value is -5.29. The first-order chi connectivity index (χ1) is 27.8. The topological polar surface area (TPSA) is 147 Å². The summed E-state index contributed by atoms with van der Waals surface area (Å²) < 4.78 is 6.02. The van der Waals surface area contributed by atoms with Crippen LogP contribution < -0.4 is 15.1 Å². The molecule has 1 spiro atoms. The monoisotopic (exact) mass is 805 g/mol. The van der Waals surface area contributed by atoms with E-state index in [-0.39, 0.29) is 41.2 Å². The number of hydrogen-bond acceptors (Lipinski definition) is 10. The maximum atomic E-state index is 13.6. The number of nitrogens with one attached hydrogen (secondary N) is 1. The molecule has 58 heavy (non-hydrogen) atoms. The van der Waals surface area contributed by atoms with E-state index >= 15 is 0 Å². The number of carbonyl (C=O) groups is 5. The number of likely N-dealkylation sites (tertiary alicyclic amines) is 1. The first kappa shape index (κ1) is 39.5. The van der Waals surface area contributed by atoms with Gasteiger partial charge in [-0.15, -0.1) is 0 Å². The average Bonchev–Trinajstić information content (AvgIpc) is 3.76. The third-order valence-corrected chi connectivity index (χ3v) is 13.5. The highest BCUT2D eigenvalue weighted by molar-refractivity contribution is 6.32. The first-order valence-electron chi connectivity index (χ1n) is 19.9. The molecule has 1 N–H and O–H groups in total. The third kappa shape index (κ3) is 7.33. The van der Waals surface area contributed by atoms with Crippen molar-refractivity contribution >= 4 is 52.9 Å². The first-order valence-corrected chi connectivity index (χ1v) is 20.3. The number of halogens is 1. The van der Waals surface area contributed by atoms with Gasteiger partial charge in [0.25, 0.3) is 11.8 Å². The van der Waals surface area contributed by atoms with Crippen LogP contribution in [0, 0.1) is 16.7 Å². The van der Waals surface area contributed by atoms with Gasteiger partial charge in [-0.05, 0) is 104 Å². The quantitative estimate of drug-likeness (QED) is 0.240. The van der Waals surface area contributed by atoms with Crippen LogP contribution in [0.1, 0.15) is 86.8 Å². The highest BCUT2D eigenvalue weighted by Gasteiger charge is 2.48. The van der Waals surface area contributed by atoms with Crippen LogP contribution in [-0.4, -0.2) is 116 Å². The number of carbonyl (C=O) groups excluding carboxylic acids is 5. The second-order valence-electron chi connectivity index (χ2n) is 16.9. The van der Waals surface area contributed by atoms with E-state index in [9.17, 15) is 29.2 Å². The summed E-state index contributed by atoms with van der Waals surface area (Å²) in [7, 11) is 3.18. The van der Waals surface area contributed by atoms with Crippen molar-refractivity contribution in [3.63, 3.8) is 0 Å². The lowest BCUT2D eigenvalue weighted by molar-refractivity contribution is -0.136. The third-order valence-electron chi connectivity index (χ3n) is 13.2. The maximum Gasteiger partial charge on any atom is 0.255 e. The molecule has 5 aliphatic heterocycles. The predicted octanol–water partition coefficient (Wildman–Crippen LogP) is 4.64. The SMILES string of the molecule is COC1(CN2Cc3cc(C=O)c(C(=O)N(C)C4CCC(=O)NC4=O)cc3C2)CN(C(=O)c2ccc(N3CCC4(CC3)C[C@H](C)N(c3ccc(C#N)c(Cl)c3)C4)cc2)C1. The van der Waals surface area contributed by atoms with Gasteiger partial charge in [0.15, 0.2) is 6.29 Å². The molecule has 1 unspecified atom stereocenters. The van der Waals surface area contributed by atoms with Gasteiger partial charge in [-0.2, -0.15) is 5.26 Å². The van der Waals surface area contributed by atoms with Gasteiger partial charge in [-0.3, -0.25) is 34.2 Å². The molecule has 0 radical (unpaired) electrons. The van der Waals surface area contributed by atoms with Crippen LogP contribution >= 0.6 is 11.6 Å². The fourth-order valence-electron chi connectivity index (χ4n) is 9.85. The molecule has 5 heterocycles. The number of ether oxygens (including phenoxy) is 1. The molecular formula is C44H48ClN7O6. The Morgan fingerprint density at radius 3 is 2.34 bits per heavy atom. The number of benzene rings is 3. The van der Waals surface area contributed by atoms with Gasteiger partial charge >= 0.3 is 0 Å². The van der Waals surface area contributed by atoms with E-state index in [1.54, 1.807) is 25.3 Å². The molecule has 8 rings (SSSR count). The highest BCUT2D eigenvalue weighted by Crippen LogP contribution is 2.46. The van der Waals surface area contributed by atoms with Crippen molar-refractivity contribution in [3.05, 3.63) is 93.0 Å². The Morgan fingerprint density at radius 1 is 1.02 bits per heavy atom. The van der Waals surface area contributed by atoms with Crippen LogP contribution in [0.15, 0.2) is 54.6 Å². The Bertz CT molecular complexity index is 2210. The minimum atomic E-state index is -0.793. The number of aldehydes is 1. The van der Waals surface area contributed by atoms with E-state index in [2.05, 4.69) is 33.0 Å². The van der Waals surface area contributed by atoms with E-state index in [0.717, 1.165) is 61.4 Å². The number of piperidine rings is 2. The number of imide groups is 1. The number of nitriles is 1. The second kappa shape index (κ2) is 15.5. The molecule has 0 bridgehead atoms. The lowest BCUT2D eigenvalue weighted by Crippen LogP contribution is -2.68. The molecule has 4 fully saturated rings. The van der Waals surface area contributed by atoms with E-state index in [0.29, 0.717) is 61.2 Å². The molecule has 0 aliphatic carbocycles. The van der Waals surface area contributed by atoms with Crippen LogP contribution in [0.3, 0.4) is 0 Å². The molecular weight excluding hydrogens is 758 g/mol. The maximum absolute atomic E-state index is 13.6. The molecule has 3 aromatic rings. The number of nitrogens with zero attached hydrogens (tertiary/aromatic N) is 6. The van der Waals surface area contributed by atoms with Crippen molar-refractivity contribution in [2.45, 2.75) is 69.8 Å². The predicted molar refractivity (Wildman–Crippen MR) is 218 cm³/mol. The summed E-state index contributed by atoms with van der Waals surface area (Å²) in [4.78, 5) is 73.5. The molecule has 4 saturated heterocycles. The van der Waals surface area contributed by atoms with Crippen molar-refractivity contribution in [1.82, 2.24) is 20.0 Å². The number of methoxy groups -OCH3 is 1. The smallest absolute Gasteiger partial charge is 0.255 e. The van der Waals surface area contributed by atoms with Crippen molar-refractivity contribution in [2.75, 3.05) is 63.2 Å². The summed E-state index contributed by atoms with van der Waals surface area (Å²) in [5, 5.41) is 12.1. The largest absolute Gasteiger partial charge is 0.373 e. The summed E-state index contributed by atoms with van der Waals surface area (Å²) in [6.07, 6.45) is 4.30. The van der Waals surface area contributed by atoms with Gasteiger partial charge in [-0.1, -0.05) is 11.6 Å². The summed E-state index contributed by atoms with van der Waals surface area (Å²) in [6.45, 7) is 7.67. The van der Waals surface area contributed by atoms with Crippen molar-refractivity contribution in [3.8, 4) is 6.07 Å². The molecule has 302 valence electrons. The zero-order chi connectivity index (χ0) is 40.9. The highest BCUT2D eigenvalue weighted by atomic mass is 35.5. The molecule has 0 saturated carbocycles. The van der Waals surface area contributed by atoms with E-state index in [4.69, 9.17) is 16.3 Å². The van der Waals surface area contributed by atoms with Crippen LogP contribution in [0.25, 0.3) is 0 Å². The zero-order valence-electron chi connectivity index (χ0n) is 33.1. The Kier molecular flexibility index (Phi) is 10.5. The Morgan fingerprint density at radius 2 is 1.71 bits per heavy atom. The molecule has 5 aliphatic rings. The number of anilines is 2. The lowest BCUT2D eigenvalue weighted by atomic mass is 9.76. The molecule has 14 heteroatoms. The number of fused-ring (bicyclic) bond motifs is 1. The number of rotatable bonds is 9. The van der Waals surface area contributed by atoms with Gasteiger partial charge in [-0.25, -0.2) is 0 Å². The number of likely N-dealkylation sites (N-methyl/N-ethyl adjacent to an activating group) is 1. The molecule has 13 nitrogen and oxygen atoms in total. The summed E-state index contributed by atoms with van der Waals surface area (Å²) in [6, 6.07) is 18.9. The van der Waals surface area contributed by atoms with E-state index in [1.807, 2.05) is 41.3 Å². The average molecular weight is 806 g/mol. The Labute approximate surface area is 343 Å². The van der Waals surface area contributed by atoms with Gasteiger partial charge < -0.3 is 24.3 Å².